The molecule has 0 radical (unpaired) electrons. The van der Waals surface area contributed by atoms with Crippen LogP contribution < -0.4 is 0 Å². The Labute approximate surface area is 133 Å². The molecule has 0 aliphatic rings. The third-order valence-electron chi connectivity index (χ3n) is 3.03. The summed E-state index contributed by atoms with van der Waals surface area (Å²) in [4.78, 5) is 11.4. The summed E-state index contributed by atoms with van der Waals surface area (Å²) in [7, 11) is -2.84. The van der Waals surface area contributed by atoms with E-state index in [0.29, 0.717) is 4.90 Å². The largest absolute Gasteiger partial charge is 0.471 e. The number of alkyl halides is 3. The van der Waals surface area contributed by atoms with Gasteiger partial charge >= 0.3 is 12.1 Å². The van der Waals surface area contributed by atoms with E-state index in [1.807, 2.05) is 6.92 Å². The van der Waals surface area contributed by atoms with E-state index in [9.17, 15) is 26.4 Å². The van der Waals surface area contributed by atoms with Gasteiger partial charge < -0.3 is 4.90 Å². The van der Waals surface area contributed by atoms with Gasteiger partial charge in [-0.15, -0.1) is 0 Å². The van der Waals surface area contributed by atoms with Crippen molar-refractivity contribution < 1.29 is 30.6 Å². The SMILES string of the molecule is Cc1ccc(S(=O)(=O)OCCCCN(C)C(=O)C(F)(F)F)cc1. The molecule has 0 heterocycles. The van der Waals surface area contributed by atoms with Crippen LogP contribution in [0.2, 0.25) is 0 Å². The van der Waals surface area contributed by atoms with Gasteiger partial charge in [-0.25, -0.2) is 0 Å². The van der Waals surface area contributed by atoms with E-state index in [-0.39, 0.29) is 30.9 Å². The van der Waals surface area contributed by atoms with Crippen LogP contribution in [0.5, 0.6) is 0 Å². The number of rotatable bonds is 7. The van der Waals surface area contributed by atoms with E-state index >= 15 is 0 Å². The summed E-state index contributed by atoms with van der Waals surface area (Å²) in [6.07, 6.45) is -4.50. The molecule has 0 unspecified atom stereocenters. The highest BCUT2D eigenvalue weighted by Crippen LogP contribution is 2.18. The fourth-order valence-electron chi connectivity index (χ4n) is 1.71. The molecule has 0 aromatic heterocycles. The highest BCUT2D eigenvalue weighted by molar-refractivity contribution is 7.86. The van der Waals surface area contributed by atoms with E-state index in [1.165, 1.54) is 12.1 Å². The van der Waals surface area contributed by atoms with E-state index < -0.39 is 22.2 Å². The standard InChI is InChI=1S/C14H18F3NO4S/c1-11-5-7-12(8-6-11)23(20,21)22-10-4-3-9-18(2)13(19)14(15,16)17/h5-8H,3-4,9-10H2,1-2H3. The summed E-state index contributed by atoms with van der Waals surface area (Å²) in [6, 6.07) is 6.10. The number of unbranched alkanes of at least 4 members (excludes halogenated alkanes) is 1. The lowest BCUT2D eigenvalue weighted by Crippen LogP contribution is -2.38. The molecule has 23 heavy (non-hydrogen) atoms. The number of carbonyl (C=O) groups excluding carboxylic acids is 1. The van der Waals surface area contributed by atoms with Crippen molar-refractivity contribution in [3.05, 3.63) is 29.8 Å². The third-order valence-corrected chi connectivity index (χ3v) is 4.35. The molecule has 1 aromatic rings. The Morgan fingerprint density at radius 3 is 2.26 bits per heavy atom. The fraction of sp³-hybridized carbons (Fsp3) is 0.500. The number of carbonyl (C=O) groups is 1. The van der Waals surface area contributed by atoms with Gasteiger partial charge in [0.1, 0.15) is 0 Å². The highest BCUT2D eigenvalue weighted by atomic mass is 32.2. The molecule has 1 aromatic carbocycles. The third kappa shape index (κ3) is 6.19. The van der Waals surface area contributed by atoms with Crippen molar-refractivity contribution in [1.29, 1.82) is 0 Å². The van der Waals surface area contributed by atoms with Crippen molar-refractivity contribution >= 4 is 16.0 Å². The van der Waals surface area contributed by atoms with Crippen molar-refractivity contribution in [3.8, 4) is 0 Å². The quantitative estimate of drug-likeness (QED) is 0.558. The first-order chi connectivity index (χ1) is 10.5. The second-order valence-corrected chi connectivity index (χ2v) is 6.64. The highest BCUT2D eigenvalue weighted by Gasteiger charge is 2.40. The Hall–Kier alpha value is -1.61. The van der Waals surface area contributed by atoms with Crippen LogP contribution in [0.4, 0.5) is 13.2 Å². The molecule has 5 nitrogen and oxygen atoms in total. The van der Waals surface area contributed by atoms with Gasteiger partial charge in [-0.3, -0.25) is 8.98 Å². The van der Waals surface area contributed by atoms with Gasteiger partial charge in [0.15, 0.2) is 0 Å². The van der Waals surface area contributed by atoms with Crippen LogP contribution in [-0.2, 0) is 19.1 Å². The summed E-state index contributed by atoms with van der Waals surface area (Å²) in [5.74, 6) is -1.93. The number of halogens is 3. The molecule has 0 fully saturated rings. The van der Waals surface area contributed by atoms with Crippen LogP contribution in [0.3, 0.4) is 0 Å². The van der Waals surface area contributed by atoms with Gasteiger partial charge in [0.05, 0.1) is 11.5 Å². The van der Waals surface area contributed by atoms with Gasteiger partial charge in [-0.1, -0.05) is 17.7 Å². The average molecular weight is 353 g/mol. The first-order valence-corrected chi connectivity index (χ1v) is 8.23. The maximum Gasteiger partial charge on any atom is 0.471 e. The summed E-state index contributed by atoms with van der Waals surface area (Å²) < 4.78 is 65.0. The molecule has 0 bridgehead atoms. The van der Waals surface area contributed by atoms with E-state index in [1.54, 1.807) is 12.1 Å². The van der Waals surface area contributed by atoms with Crippen LogP contribution in [0.1, 0.15) is 18.4 Å². The number of hydrogen-bond acceptors (Lipinski definition) is 4. The van der Waals surface area contributed by atoms with Gasteiger partial charge in [0, 0.05) is 13.6 Å². The van der Waals surface area contributed by atoms with Crippen LogP contribution >= 0.6 is 0 Å². The summed E-state index contributed by atoms with van der Waals surface area (Å²) in [5, 5.41) is 0. The summed E-state index contributed by atoms with van der Waals surface area (Å²) >= 11 is 0. The van der Waals surface area contributed by atoms with Gasteiger partial charge in [-0.05, 0) is 31.9 Å². The lowest BCUT2D eigenvalue weighted by molar-refractivity contribution is -0.184. The van der Waals surface area contributed by atoms with Crippen molar-refractivity contribution in [3.63, 3.8) is 0 Å². The minimum atomic E-state index is -4.90. The number of hydrogen-bond donors (Lipinski definition) is 0. The number of benzene rings is 1. The fourth-order valence-corrected chi connectivity index (χ4v) is 2.65. The maximum absolute atomic E-state index is 12.2. The van der Waals surface area contributed by atoms with E-state index in [4.69, 9.17) is 4.18 Å². The normalized spacial score (nSPS) is 12.2. The lowest BCUT2D eigenvalue weighted by atomic mass is 10.2. The summed E-state index contributed by atoms with van der Waals surface area (Å²) in [5.41, 5.74) is 0.904. The second-order valence-electron chi connectivity index (χ2n) is 5.02. The number of nitrogens with zero attached hydrogens (tertiary/aromatic N) is 1. The van der Waals surface area contributed by atoms with E-state index in [2.05, 4.69) is 0 Å². The molecule has 0 atom stereocenters. The van der Waals surface area contributed by atoms with Gasteiger partial charge in [0.2, 0.25) is 0 Å². The minimum Gasteiger partial charge on any atom is -0.338 e. The summed E-state index contributed by atoms with van der Waals surface area (Å²) in [6.45, 7) is 1.52. The van der Waals surface area contributed by atoms with Gasteiger partial charge in [0.25, 0.3) is 10.1 Å². The zero-order valence-electron chi connectivity index (χ0n) is 12.8. The van der Waals surface area contributed by atoms with Crippen molar-refractivity contribution in [2.75, 3.05) is 20.2 Å². The predicted molar refractivity (Wildman–Crippen MR) is 77.2 cm³/mol. The minimum absolute atomic E-state index is 0.0208. The number of amides is 1. The molecule has 130 valence electrons. The maximum atomic E-state index is 12.2. The molecule has 1 amide bonds. The van der Waals surface area contributed by atoms with Crippen molar-refractivity contribution in [1.82, 2.24) is 4.90 Å². The molecule has 0 aliphatic heterocycles. The van der Waals surface area contributed by atoms with Crippen LogP contribution in [0, 0.1) is 6.92 Å². The first-order valence-electron chi connectivity index (χ1n) is 6.82. The zero-order chi connectivity index (χ0) is 17.7. The Balaban J connectivity index is 2.37. The van der Waals surface area contributed by atoms with Crippen LogP contribution in [0.25, 0.3) is 0 Å². The molecular weight excluding hydrogens is 335 g/mol. The molecule has 9 heteroatoms. The molecule has 0 spiro atoms. The average Bonchev–Trinajstić information content (AvgIpc) is 2.45. The first kappa shape index (κ1) is 19.4. The topological polar surface area (TPSA) is 63.7 Å². The van der Waals surface area contributed by atoms with Crippen molar-refractivity contribution in [2.24, 2.45) is 0 Å². The van der Waals surface area contributed by atoms with Gasteiger partial charge in [-0.2, -0.15) is 21.6 Å². The monoisotopic (exact) mass is 353 g/mol. The zero-order valence-corrected chi connectivity index (χ0v) is 13.6. The molecule has 1 rings (SSSR count). The Bertz CT molecular complexity index is 626. The van der Waals surface area contributed by atoms with Crippen molar-refractivity contribution in [2.45, 2.75) is 30.8 Å². The Kier molecular flexibility index (Phi) is 6.57. The molecular formula is C14H18F3NO4S. The van der Waals surface area contributed by atoms with Crippen LogP contribution in [-0.4, -0.2) is 45.6 Å². The second kappa shape index (κ2) is 7.78. The smallest absolute Gasteiger partial charge is 0.338 e. The number of aryl methyl sites for hydroxylation is 1. The molecule has 0 aliphatic carbocycles. The van der Waals surface area contributed by atoms with Crippen LogP contribution in [0.15, 0.2) is 29.2 Å². The Morgan fingerprint density at radius 2 is 1.74 bits per heavy atom. The molecule has 0 N–H and O–H groups in total. The Morgan fingerprint density at radius 1 is 1.17 bits per heavy atom. The predicted octanol–water partition coefficient (Wildman–Crippen LogP) is 2.50. The lowest BCUT2D eigenvalue weighted by Gasteiger charge is -2.18. The molecule has 0 saturated heterocycles. The molecule has 0 saturated carbocycles. The van der Waals surface area contributed by atoms with E-state index in [0.717, 1.165) is 12.6 Å².